The molecule has 0 spiro atoms. The Labute approximate surface area is 145 Å². The number of hydrogen-bond donors (Lipinski definition) is 1. The second-order valence-corrected chi connectivity index (χ2v) is 6.52. The molecule has 3 rings (SSSR count). The number of carbonyl (C=O) groups is 1. The van der Waals surface area contributed by atoms with Crippen molar-refractivity contribution in [3.63, 3.8) is 0 Å². The molecule has 25 heavy (non-hydrogen) atoms. The number of hydrogen-bond acceptors (Lipinski definition) is 3. The molecule has 0 bridgehead atoms. The number of amides is 1. The third kappa shape index (κ3) is 3.65. The van der Waals surface area contributed by atoms with Gasteiger partial charge in [-0.3, -0.25) is 9.48 Å². The second-order valence-electron chi connectivity index (χ2n) is 6.52. The molecule has 1 aromatic carbocycles. The smallest absolute Gasteiger partial charge is 0.280 e. The van der Waals surface area contributed by atoms with Crippen molar-refractivity contribution in [2.24, 2.45) is 5.92 Å². The quantitative estimate of drug-likeness (QED) is 0.895. The van der Waals surface area contributed by atoms with E-state index in [0.29, 0.717) is 25.3 Å². The lowest BCUT2D eigenvalue weighted by Gasteiger charge is -2.26. The van der Waals surface area contributed by atoms with Crippen molar-refractivity contribution in [1.82, 2.24) is 15.1 Å². The maximum absolute atomic E-state index is 13.5. The first-order chi connectivity index (χ1) is 12.0. The molecule has 1 N–H and O–H groups in total. The fraction of sp³-hybridized carbons (Fsp3) is 0.444. The SMILES string of the molecule is CC(C)Cn1ncc(C(=O)NC2CCOc3ccccc32)c1C(F)F. The lowest BCUT2D eigenvalue weighted by Crippen LogP contribution is -2.32. The normalized spacial score (nSPS) is 16.6. The van der Waals surface area contributed by atoms with Crippen LogP contribution in [-0.4, -0.2) is 22.3 Å². The van der Waals surface area contributed by atoms with Crippen LogP contribution in [-0.2, 0) is 6.54 Å². The average Bonchev–Trinajstić information content (AvgIpc) is 2.98. The van der Waals surface area contributed by atoms with Gasteiger partial charge in [0.05, 0.1) is 24.4 Å². The van der Waals surface area contributed by atoms with Gasteiger partial charge in [-0.15, -0.1) is 0 Å². The first kappa shape index (κ1) is 17.4. The minimum absolute atomic E-state index is 0.0698. The predicted molar refractivity (Wildman–Crippen MR) is 88.8 cm³/mol. The highest BCUT2D eigenvalue weighted by molar-refractivity contribution is 5.95. The van der Waals surface area contributed by atoms with E-state index in [4.69, 9.17) is 4.74 Å². The Morgan fingerprint density at radius 2 is 2.16 bits per heavy atom. The summed E-state index contributed by atoms with van der Waals surface area (Å²) in [6.45, 7) is 4.63. The van der Waals surface area contributed by atoms with Gasteiger partial charge in [0.15, 0.2) is 0 Å². The van der Waals surface area contributed by atoms with Crippen molar-refractivity contribution in [2.45, 2.75) is 39.3 Å². The molecule has 2 heterocycles. The molecule has 0 fully saturated rings. The maximum Gasteiger partial charge on any atom is 0.280 e. The Morgan fingerprint density at radius 1 is 1.40 bits per heavy atom. The molecule has 0 radical (unpaired) electrons. The van der Waals surface area contributed by atoms with E-state index in [9.17, 15) is 13.6 Å². The molecule has 0 aliphatic carbocycles. The van der Waals surface area contributed by atoms with Crippen LogP contribution in [0.2, 0.25) is 0 Å². The molecule has 1 aromatic heterocycles. The van der Waals surface area contributed by atoms with Crippen LogP contribution in [0, 0.1) is 5.92 Å². The van der Waals surface area contributed by atoms with Crippen molar-refractivity contribution in [1.29, 1.82) is 0 Å². The van der Waals surface area contributed by atoms with Gasteiger partial charge in [-0.2, -0.15) is 5.10 Å². The molecule has 1 aliphatic rings. The molecule has 134 valence electrons. The first-order valence-electron chi connectivity index (χ1n) is 8.33. The maximum atomic E-state index is 13.5. The van der Waals surface area contributed by atoms with E-state index < -0.39 is 12.3 Å². The summed E-state index contributed by atoms with van der Waals surface area (Å²) in [6.07, 6.45) is -0.943. The summed E-state index contributed by atoms with van der Waals surface area (Å²) in [5.74, 6) is 0.325. The summed E-state index contributed by atoms with van der Waals surface area (Å²) in [7, 11) is 0. The van der Waals surface area contributed by atoms with E-state index >= 15 is 0 Å². The van der Waals surface area contributed by atoms with Gasteiger partial charge in [0.25, 0.3) is 12.3 Å². The van der Waals surface area contributed by atoms with E-state index in [1.165, 1.54) is 10.9 Å². The highest BCUT2D eigenvalue weighted by Crippen LogP contribution is 2.32. The molecule has 2 aromatic rings. The van der Waals surface area contributed by atoms with E-state index in [0.717, 1.165) is 5.56 Å². The van der Waals surface area contributed by atoms with Gasteiger partial charge in [-0.1, -0.05) is 32.0 Å². The van der Waals surface area contributed by atoms with Gasteiger partial charge < -0.3 is 10.1 Å². The van der Waals surface area contributed by atoms with Crippen LogP contribution in [0.25, 0.3) is 0 Å². The third-order valence-corrected chi connectivity index (χ3v) is 4.13. The second kappa shape index (κ2) is 7.21. The van der Waals surface area contributed by atoms with Gasteiger partial charge in [-0.05, 0) is 12.0 Å². The van der Waals surface area contributed by atoms with Crippen molar-refractivity contribution in [3.05, 3.63) is 47.3 Å². The Balaban J connectivity index is 1.84. The summed E-state index contributed by atoms with van der Waals surface area (Å²) in [5, 5.41) is 6.83. The number of nitrogens with one attached hydrogen (secondary N) is 1. The lowest BCUT2D eigenvalue weighted by molar-refractivity contribution is 0.0907. The van der Waals surface area contributed by atoms with Crippen molar-refractivity contribution >= 4 is 5.91 Å². The van der Waals surface area contributed by atoms with Gasteiger partial charge in [0, 0.05) is 18.5 Å². The van der Waals surface area contributed by atoms with Crippen molar-refractivity contribution in [3.8, 4) is 5.75 Å². The summed E-state index contributed by atoms with van der Waals surface area (Å²) < 4.78 is 33.8. The number of para-hydroxylation sites is 1. The number of rotatable bonds is 5. The number of fused-ring (bicyclic) bond motifs is 1. The Morgan fingerprint density at radius 3 is 2.88 bits per heavy atom. The minimum Gasteiger partial charge on any atom is -0.493 e. The number of halogens is 2. The predicted octanol–water partition coefficient (Wildman–Crippen LogP) is 3.73. The fourth-order valence-corrected chi connectivity index (χ4v) is 3.02. The summed E-state index contributed by atoms with van der Waals surface area (Å²) in [5.41, 5.74) is 0.460. The fourth-order valence-electron chi connectivity index (χ4n) is 3.02. The highest BCUT2D eigenvalue weighted by Gasteiger charge is 2.28. The Hall–Kier alpha value is -2.44. The number of ether oxygens (including phenoxy) is 1. The van der Waals surface area contributed by atoms with Gasteiger partial charge >= 0.3 is 0 Å². The Kier molecular flexibility index (Phi) is 5.01. The van der Waals surface area contributed by atoms with Gasteiger partial charge in [0.1, 0.15) is 11.4 Å². The van der Waals surface area contributed by atoms with Crippen LogP contribution in [0.1, 0.15) is 54.4 Å². The van der Waals surface area contributed by atoms with Crippen molar-refractivity contribution in [2.75, 3.05) is 6.61 Å². The molecule has 0 saturated heterocycles. The van der Waals surface area contributed by atoms with Crippen molar-refractivity contribution < 1.29 is 18.3 Å². The van der Waals surface area contributed by atoms with Gasteiger partial charge in [-0.25, -0.2) is 8.78 Å². The van der Waals surface area contributed by atoms with Crippen LogP contribution in [0.15, 0.2) is 30.5 Å². The van der Waals surface area contributed by atoms with Crippen LogP contribution in [0.5, 0.6) is 5.75 Å². The number of carbonyl (C=O) groups excluding carboxylic acids is 1. The largest absolute Gasteiger partial charge is 0.493 e. The molecule has 1 amide bonds. The lowest BCUT2D eigenvalue weighted by atomic mass is 10.00. The van der Waals surface area contributed by atoms with Crippen LogP contribution >= 0.6 is 0 Å². The van der Waals surface area contributed by atoms with E-state index in [1.807, 2.05) is 38.1 Å². The number of benzene rings is 1. The molecule has 5 nitrogen and oxygen atoms in total. The average molecular weight is 349 g/mol. The first-order valence-corrected chi connectivity index (χ1v) is 8.33. The zero-order chi connectivity index (χ0) is 18.0. The standard InChI is InChI=1S/C18H21F2N3O2/c1-11(2)10-23-16(17(19)20)13(9-21-23)18(24)22-14-7-8-25-15-6-4-3-5-12(14)15/h3-6,9,11,14,17H,7-8,10H2,1-2H3,(H,22,24). The summed E-state index contributed by atoms with van der Waals surface area (Å²) in [6, 6.07) is 7.15. The van der Waals surface area contributed by atoms with Crippen LogP contribution in [0.3, 0.4) is 0 Å². The molecule has 1 aliphatic heterocycles. The molecule has 7 heteroatoms. The monoisotopic (exact) mass is 349 g/mol. The number of alkyl halides is 2. The summed E-state index contributed by atoms with van der Waals surface area (Å²) in [4.78, 5) is 12.6. The van der Waals surface area contributed by atoms with E-state index in [1.54, 1.807) is 0 Å². The highest BCUT2D eigenvalue weighted by atomic mass is 19.3. The minimum atomic E-state index is -2.76. The molecule has 0 saturated carbocycles. The topological polar surface area (TPSA) is 56.2 Å². The zero-order valence-electron chi connectivity index (χ0n) is 14.2. The van der Waals surface area contributed by atoms with Crippen LogP contribution < -0.4 is 10.1 Å². The molecule has 1 atom stereocenters. The molecular weight excluding hydrogens is 328 g/mol. The van der Waals surface area contributed by atoms with Crippen LogP contribution in [0.4, 0.5) is 8.78 Å². The van der Waals surface area contributed by atoms with E-state index in [-0.39, 0.29) is 23.2 Å². The van der Waals surface area contributed by atoms with Gasteiger partial charge in [0.2, 0.25) is 0 Å². The molecular formula is C18H21F2N3O2. The third-order valence-electron chi connectivity index (χ3n) is 4.13. The number of nitrogens with zero attached hydrogens (tertiary/aromatic N) is 2. The molecule has 1 unspecified atom stereocenters. The number of aromatic nitrogens is 2. The Bertz CT molecular complexity index is 759. The zero-order valence-corrected chi connectivity index (χ0v) is 14.2. The summed E-state index contributed by atoms with van der Waals surface area (Å²) >= 11 is 0. The van der Waals surface area contributed by atoms with E-state index in [2.05, 4.69) is 10.4 Å².